The van der Waals surface area contributed by atoms with Gasteiger partial charge in [0.25, 0.3) is 0 Å². The molecule has 208 valence electrons. The third-order valence-electron chi connectivity index (χ3n) is 6.82. The lowest BCUT2D eigenvalue weighted by Crippen LogP contribution is -2.38. The number of halogens is 5. The standard InChI is InChI=1S/C28H26F5NO5/c1-12-18(27(36)38-5)19(20-15(34-12)9-28(2,3)10-16(20)35)13-6-7-17(37-4)14(8-13)11-39-26-24(32)22(30)21(29)23(31)25(26)33/h6-8,19,34H,9-11H2,1-5H3/t19-/m1/s1. The number of esters is 1. The van der Waals surface area contributed by atoms with Crippen LogP contribution in [-0.4, -0.2) is 26.0 Å². The molecule has 1 aliphatic heterocycles. The zero-order chi connectivity index (χ0) is 28.8. The largest absolute Gasteiger partial charge is 0.496 e. The van der Waals surface area contributed by atoms with E-state index >= 15 is 0 Å². The number of hydrogen-bond acceptors (Lipinski definition) is 6. The zero-order valence-corrected chi connectivity index (χ0v) is 21.9. The zero-order valence-electron chi connectivity index (χ0n) is 21.9. The van der Waals surface area contributed by atoms with Crippen LogP contribution in [0.5, 0.6) is 11.5 Å². The van der Waals surface area contributed by atoms with Crippen LogP contribution in [0.2, 0.25) is 0 Å². The van der Waals surface area contributed by atoms with Gasteiger partial charge < -0.3 is 19.5 Å². The number of allylic oxidation sites excluding steroid dienone is 3. The number of ether oxygens (including phenoxy) is 3. The summed E-state index contributed by atoms with van der Waals surface area (Å²) in [6.45, 7) is 4.96. The molecule has 39 heavy (non-hydrogen) atoms. The molecule has 0 saturated heterocycles. The average Bonchev–Trinajstić information content (AvgIpc) is 2.88. The third kappa shape index (κ3) is 4.97. The number of carbonyl (C=O) groups excluding carboxylic acids is 2. The predicted octanol–water partition coefficient (Wildman–Crippen LogP) is 5.75. The Labute approximate surface area is 221 Å². The highest BCUT2D eigenvalue weighted by Gasteiger charge is 2.43. The molecule has 0 fully saturated rings. The fraction of sp³-hybridized carbons (Fsp3) is 0.357. The van der Waals surface area contributed by atoms with E-state index in [9.17, 15) is 31.5 Å². The van der Waals surface area contributed by atoms with Crippen molar-refractivity contribution in [2.75, 3.05) is 14.2 Å². The van der Waals surface area contributed by atoms with Crippen LogP contribution in [0.25, 0.3) is 0 Å². The molecule has 1 heterocycles. The molecule has 1 N–H and O–H groups in total. The molecule has 0 unspecified atom stereocenters. The van der Waals surface area contributed by atoms with E-state index in [4.69, 9.17) is 14.2 Å². The van der Waals surface area contributed by atoms with Crippen molar-refractivity contribution in [3.63, 3.8) is 0 Å². The van der Waals surface area contributed by atoms with Crippen molar-refractivity contribution < 1.29 is 45.8 Å². The molecular weight excluding hydrogens is 525 g/mol. The first-order valence-electron chi connectivity index (χ1n) is 11.9. The molecule has 2 aromatic rings. The average molecular weight is 552 g/mol. The number of Topliss-reactive ketones (excluding diaryl/α,β-unsaturated/α-hetero) is 1. The number of hydrogen-bond donors (Lipinski definition) is 1. The molecular formula is C28H26F5NO5. The topological polar surface area (TPSA) is 73.9 Å². The van der Waals surface area contributed by atoms with Crippen LogP contribution in [-0.2, 0) is 20.9 Å². The minimum Gasteiger partial charge on any atom is -0.496 e. The molecule has 11 heteroatoms. The van der Waals surface area contributed by atoms with Crippen LogP contribution in [0.4, 0.5) is 22.0 Å². The van der Waals surface area contributed by atoms with E-state index in [1.165, 1.54) is 26.4 Å². The Morgan fingerprint density at radius 3 is 2.21 bits per heavy atom. The Balaban J connectivity index is 1.81. The number of rotatable bonds is 6. The van der Waals surface area contributed by atoms with Gasteiger partial charge in [-0.1, -0.05) is 19.9 Å². The maximum absolute atomic E-state index is 14.2. The van der Waals surface area contributed by atoms with Crippen molar-refractivity contribution in [2.24, 2.45) is 5.41 Å². The van der Waals surface area contributed by atoms with Crippen molar-refractivity contribution in [2.45, 2.75) is 46.1 Å². The maximum atomic E-state index is 14.2. The molecule has 2 aromatic carbocycles. The van der Waals surface area contributed by atoms with Crippen LogP contribution >= 0.6 is 0 Å². The Morgan fingerprint density at radius 1 is 1.00 bits per heavy atom. The van der Waals surface area contributed by atoms with Crippen molar-refractivity contribution in [1.29, 1.82) is 0 Å². The highest BCUT2D eigenvalue weighted by atomic mass is 19.2. The number of nitrogens with one attached hydrogen (secondary N) is 1. The molecule has 0 radical (unpaired) electrons. The summed E-state index contributed by atoms with van der Waals surface area (Å²) in [5.74, 6) is -13.7. The number of methoxy groups -OCH3 is 2. The van der Waals surface area contributed by atoms with E-state index in [2.05, 4.69) is 5.32 Å². The summed E-state index contributed by atoms with van der Waals surface area (Å²) in [6.07, 6.45) is 0.784. The van der Waals surface area contributed by atoms with Gasteiger partial charge in [-0.15, -0.1) is 0 Å². The van der Waals surface area contributed by atoms with Crippen LogP contribution < -0.4 is 14.8 Å². The second-order valence-corrected chi connectivity index (χ2v) is 10.2. The van der Waals surface area contributed by atoms with Crippen LogP contribution in [0.3, 0.4) is 0 Å². The van der Waals surface area contributed by atoms with E-state index in [0.29, 0.717) is 29.0 Å². The molecule has 1 atom stereocenters. The second-order valence-electron chi connectivity index (χ2n) is 10.2. The second kappa shape index (κ2) is 10.3. The Bertz CT molecular complexity index is 1420. The highest BCUT2D eigenvalue weighted by Crippen LogP contribution is 2.47. The smallest absolute Gasteiger partial charge is 0.336 e. The van der Waals surface area contributed by atoms with Gasteiger partial charge in [0.15, 0.2) is 11.5 Å². The van der Waals surface area contributed by atoms with Crippen molar-refractivity contribution in [3.8, 4) is 11.5 Å². The first kappa shape index (κ1) is 28.1. The van der Waals surface area contributed by atoms with Gasteiger partial charge in [0, 0.05) is 34.9 Å². The van der Waals surface area contributed by atoms with Gasteiger partial charge in [-0.3, -0.25) is 4.79 Å². The molecule has 6 nitrogen and oxygen atoms in total. The van der Waals surface area contributed by atoms with Gasteiger partial charge in [-0.2, -0.15) is 8.78 Å². The molecule has 4 rings (SSSR count). The van der Waals surface area contributed by atoms with Gasteiger partial charge >= 0.3 is 5.97 Å². The van der Waals surface area contributed by atoms with E-state index in [1.54, 1.807) is 13.0 Å². The lowest BCUT2D eigenvalue weighted by molar-refractivity contribution is -0.136. The minimum atomic E-state index is -2.30. The number of ketones is 1. The fourth-order valence-corrected chi connectivity index (χ4v) is 5.10. The molecule has 0 saturated carbocycles. The minimum absolute atomic E-state index is 0.164. The lowest BCUT2D eigenvalue weighted by atomic mass is 9.68. The number of dihydropyridines is 1. The van der Waals surface area contributed by atoms with Crippen molar-refractivity contribution >= 4 is 11.8 Å². The molecule has 0 aromatic heterocycles. The van der Waals surface area contributed by atoms with E-state index in [1.807, 2.05) is 13.8 Å². The van der Waals surface area contributed by atoms with E-state index < -0.39 is 53.3 Å². The van der Waals surface area contributed by atoms with Gasteiger partial charge in [-0.05, 0) is 36.5 Å². The van der Waals surface area contributed by atoms with Gasteiger partial charge in [0.2, 0.25) is 29.1 Å². The van der Waals surface area contributed by atoms with Crippen LogP contribution in [0.15, 0.2) is 40.7 Å². The molecule has 0 spiro atoms. The molecule has 0 bridgehead atoms. The third-order valence-corrected chi connectivity index (χ3v) is 6.82. The monoisotopic (exact) mass is 551 g/mol. The van der Waals surface area contributed by atoms with Crippen LogP contribution in [0.1, 0.15) is 50.7 Å². The number of carbonyl (C=O) groups is 2. The summed E-state index contributed by atoms with van der Waals surface area (Å²) >= 11 is 0. The SMILES string of the molecule is COC(=O)C1=C(C)NC2=C(C(=O)CC(C)(C)C2)[C@@H]1c1ccc(OC)c(COc2c(F)c(F)c(F)c(F)c2F)c1. The quantitative estimate of drug-likeness (QED) is 0.214. The summed E-state index contributed by atoms with van der Waals surface area (Å²) in [5.41, 5.74) is 2.04. The lowest BCUT2D eigenvalue weighted by Gasteiger charge is -2.39. The highest BCUT2D eigenvalue weighted by molar-refractivity contribution is 6.04. The Hall–Kier alpha value is -3.89. The Morgan fingerprint density at radius 2 is 1.62 bits per heavy atom. The summed E-state index contributed by atoms with van der Waals surface area (Å²) in [7, 11) is 2.53. The maximum Gasteiger partial charge on any atom is 0.336 e. The normalized spacial score (nSPS) is 18.5. The first-order chi connectivity index (χ1) is 18.3. The fourth-order valence-electron chi connectivity index (χ4n) is 5.10. The van der Waals surface area contributed by atoms with E-state index in [-0.39, 0.29) is 34.5 Å². The molecule has 2 aliphatic rings. The molecule has 0 amide bonds. The van der Waals surface area contributed by atoms with Crippen LogP contribution in [0, 0.1) is 34.5 Å². The predicted molar refractivity (Wildman–Crippen MR) is 129 cm³/mol. The molecule has 1 aliphatic carbocycles. The van der Waals surface area contributed by atoms with E-state index in [0.717, 1.165) is 0 Å². The summed E-state index contributed by atoms with van der Waals surface area (Å²) < 4.78 is 84.5. The summed E-state index contributed by atoms with van der Waals surface area (Å²) in [5, 5.41) is 3.18. The van der Waals surface area contributed by atoms with Crippen molar-refractivity contribution in [3.05, 3.63) is 81.0 Å². The first-order valence-corrected chi connectivity index (χ1v) is 11.9. The summed E-state index contributed by atoms with van der Waals surface area (Å²) in [6, 6.07) is 4.61. The van der Waals surface area contributed by atoms with Gasteiger partial charge in [-0.25, -0.2) is 18.0 Å². The van der Waals surface area contributed by atoms with Crippen molar-refractivity contribution in [1.82, 2.24) is 5.32 Å². The van der Waals surface area contributed by atoms with Gasteiger partial charge in [0.05, 0.1) is 19.8 Å². The number of benzene rings is 2. The summed E-state index contributed by atoms with van der Waals surface area (Å²) in [4.78, 5) is 26.2. The Kier molecular flexibility index (Phi) is 7.46. The van der Waals surface area contributed by atoms with Gasteiger partial charge in [0.1, 0.15) is 12.4 Å².